The zero-order valence-corrected chi connectivity index (χ0v) is 17.7. The van der Waals surface area contributed by atoms with Crippen molar-refractivity contribution in [2.45, 2.75) is 50.1 Å². The van der Waals surface area contributed by atoms with E-state index in [-0.39, 0.29) is 29.4 Å². The Kier molecular flexibility index (Phi) is 6.21. The van der Waals surface area contributed by atoms with Gasteiger partial charge in [0.1, 0.15) is 5.76 Å². The number of nitrogens with one attached hydrogen (secondary N) is 1. The minimum atomic E-state index is -3.43. The molecule has 0 radical (unpaired) electrons. The van der Waals surface area contributed by atoms with Crippen LogP contribution in [0.25, 0.3) is 0 Å². The van der Waals surface area contributed by atoms with Gasteiger partial charge in [-0.3, -0.25) is 4.79 Å². The van der Waals surface area contributed by atoms with Crippen LogP contribution in [0.1, 0.15) is 65.9 Å². The van der Waals surface area contributed by atoms with Gasteiger partial charge in [-0.05, 0) is 44.2 Å². The van der Waals surface area contributed by atoms with Crippen molar-refractivity contribution in [3.05, 3.63) is 53.4 Å². The fourth-order valence-corrected chi connectivity index (χ4v) is 5.73. The second-order valence-corrected chi connectivity index (χ2v) is 10.1. The Labute approximate surface area is 176 Å². The number of hydrogen-bond donors (Lipinski definition) is 2. The standard InChI is InChI=1S/C21H28N4O4S/c22-10-4-12-30(27,28)25-11-9-17(13-19(25)15-5-2-1-3-6-15)23-21(26)18-14-20(29-24-18)16-7-8-16/h1-3,5-6,14,16-17,19H,4,7-13,22H2,(H,23,26)/t17?,19-/m0/s1. The first-order valence-corrected chi connectivity index (χ1v) is 12.1. The minimum Gasteiger partial charge on any atom is -0.360 e. The number of carbonyl (C=O) groups is 1. The van der Waals surface area contributed by atoms with Crippen LogP contribution in [0.15, 0.2) is 40.9 Å². The summed E-state index contributed by atoms with van der Waals surface area (Å²) in [4.78, 5) is 12.7. The summed E-state index contributed by atoms with van der Waals surface area (Å²) in [6.45, 7) is 0.686. The Morgan fingerprint density at radius 1 is 1.23 bits per heavy atom. The number of piperidine rings is 1. The maximum Gasteiger partial charge on any atom is 0.273 e. The first kappa shape index (κ1) is 21.0. The Morgan fingerprint density at radius 2 is 2.00 bits per heavy atom. The van der Waals surface area contributed by atoms with Crippen LogP contribution in [-0.2, 0) is 10.0 Å². The molecule has 30 heavy (non-hydrogen) atoms. The topological polar surface area (TPSA) is 119 Å². The highest BCUT2D eigenvalue weighted by atomic mass is 32.2. The molecule has 0 bridgehead atoms. The van der Waals surface area contributed by atoms with Crippen molar-refractivity contribution in [2.75, 3.05) is 18.8 Å². The Balaban J connectivity index is 1.48. The van der Waals surface area contributed by atoms with Gasteiger partial charge >= 0.3 is 0 Å². The molecular weight excluding hydrogens is 404 g/mol. The molecule has 2 aromatic rings. The van der Waals surface area contributed by atoms with E-state index in [9.17, 15) is 13.2 Å². The smallest absolute Gasteiger partial charge is 0.273 e. The lowest BCUT2D eigenvalue weighted by Gasteiger charge is -2.39. The number of rotatable bonds is 8. The van der Waals surface area contributed by atoms with Crippen molar-refractivity contribution in [1.29, 1.82) is 0 Å². The van der Waals surface area contributed by atoms with E-state index in [1.807, 2.05) is 30.3 Å². The van der Waals surface area contributed by atoms with Gasteiger partial charge in [0.05, 0.1) is 11.8 Å². The third-order valence-corrected chi connectivity index (χ3v) is 7.73. The van der Waals surface area contributed by atoms with Crippen molar-refractivity contribution in [3.63, 3.8) is 0 Å². The van der Waals surface area contributed by atoms with E-state index in [2.05, 4.69) is 10.5 Å². The maximum absolute atomic E-state index is 12.9. The van der Waals surface area contributed by atoms with Crippen LogP contribution in [-0.4, -0.2) is 48.7 Å². The van der Waals surface area contributed by atoms with Crippen LogP contribution in [0.2, 0.25) is 0 Å². The number of hydrogen-bond acceptors (Lipinski definition) is 6. The summed E-state index contributed by atoms with van der Waals surface area (Å²) in [5, 5.41) is 6.92. The Morgan fingerprint density at radius 3 is 2.70 bits per heavy atom. The van der Waals surface area contributed by atoms with Crippen molar-refractivity contribution in [3.8, 4) is 0 Å². The number of amides is 1. The Bertz CT molecular complexity index is 972. The summed E-state index contributed by atoms with van der Waals surface area (Å²) in [5.41, 5.74) is 6.73. The molecule has 162 valence electrons. The molecule has 1 aromatic carbocycles. The fraction of sp³-hybridized carbons (Fsp3) is 0.524. The van der Waals surface area contributed by atoms with Gasteiger partial charge < -0.3 is 15.6 Å². The monoisotopic (exact) mass is 432 g/mol. The van der Waals surface area contributed by atoms with E-state index in [0.29, 0.717) is 38.3 Å². The molecule has 1 aliphatic carbocycles. The van der Waals surface area contributed by atoms with Crippen LogP contribution in [0.4, 0.5) is 0 Å². The van der Waals surface area contributed by atoms with Gasteiger partial charge in [0.2, 0.25) is 10.0 Å². The molecule has 1 unspecified atom stereocenters. The molecular formula is C21H28N4O4S. The first-order chi connectivity index (χ1) is 14.5. The molecule has 0 spiro atoms. The summed E-state index contributed by atoms with van der Waals surface area (Å²) in [5.74, 6) is 0.917. The number of nitrogens with zero attached hydrogens (tertiary/aromatic N) is 2. The molecule has 9 heteroatoms. The van der Waals surface area contributed by atoms with E-state index in [4.69, 9.17) is 10.3 Å². The predicted octanol–water partition coefficient (Wildman–Crippen LogP) is 2.17. The van der Waals surface area contributed by atoms with Crippen LogP contribution < -0.4 is 11.1 Å². The highest BCUT2D eigenvalue weighted by molar-refractivity contribution is 7.89. The van der Waals surface area contributed by atoms with Crippen molar-refractivity contribution >= 4 is 15.9 Å². The molecule has 2 fully saturated rings. The third-order valence-electron chi connectivity index (χ3n) is 5.78. The summed E-state index contributed by atoms with van der Waals surface area (Å²) in [7, 11) is -3.43. The third kappa shape index (κ3) is 4.74. The second kappa shape index (κ2) is 8.87. The molecule has 1 amide bonds. The molecule has 2 atom stereocenters. The molecule has 2 aliphatic rings. The van der Waals surface area contributed by atoms with Crippen LogP contribution >= 0.6 is 0 Å². The van der Waals surface area contributed by atoms with E-state index in [1.165, 1.54) is 0 Å². The highest BCUT2D eigenvalue weighted by Gasteiger charge is 2.37. The average molecular weight is 433 g/mol. The Hall–Kier alpha value is -2.23. The molecule has 2 heterocycles. The van der Waals surface area contributed by atoms with Gasteiger partial charge in [-0.1, -0.05) is 35.5 Å². The SMILES string of the molecule is NCCCS(=O)(=O)N1CCC(NC(=O)c2cc(C3CC3)on2)C[C@H]1c1ccccc1. The van der Waals surface area contributed by atoms with E-state index in [0.717, 1.165) is 24.2 Å². The summed E-state index contributed by atoms with van der Waals surface area (Å²) in [6, 6.07) is 10.8. The van der Waals surface area contributed by atoms with E-state index in [1.54, 1.807) is 10.4 Å². The lowest BCUT2D eigenvalue weighted by atomic mass is 9.93. The highest BCUT2D eigenvalue weighted by Crippen LogP contribution is 2.40. The normalized spacial score (nSPS) is 22.7. The van der Waals surface area contributed by atoms with Crippen molar-refractivity contribution < 1.29 is 17.7 Å². The fourth-order valence-electron chi connectivity index (χ4n) is 3.98. The van der Waals surface area contributed by atoms with Gasteiger partial charge in [-0.15, -0.1) is 0 Å². The lowest BCUT2D eigenvalue weighted by Crippen LogP contribution is -2.48. The molecule has 1 saturated heterocycles. The number of benzene rings is 1. The van der Waals surface area contributed by atoms with Crippen molar-refractivity contribution in [2.24, 2.45) is 5.73 Å². The van der Waals surface area contributed by atoms with Gasteiger partial charge in [-0.2, -0.15) is 4.31 Å². The van der Waals surface area contributed by atoms with Crippen LogP contribution in [0.5, 0.6) is 0 Å². The molecule has 4 rings (SSSR count). The zero-order chi connectivity index (χ0) is 21.1. The summed E-state index contributed by atoms with van der Waals surface area (Å²) in [6.07, 6.45) is 3.63. The lowest BCUT2D eigenvalue weighted by molar-refractivity contribution is 0.0902. The number of carbonyl (C=O) groups excluding carboxylic acids is 1. The maximum atomic E-state index is 12.9. The van der Waals surface area contributed by atoms with Gasteiger partial charge in [-0.25, -0.2) is 8.42 Å². The summed E-state index contributed by atoms with van der Waals surface area (Å²) < 4.78 is 32.7. The van der Waals surface area contributed by atoms with Gasteiger partial charge in [0.15, 0.2) is 5.69 Å². The number of aromatic nitrogens is 1. The number of sulfonamides is 1. The van der Waals surface area contributed by atoms with Crippen molar-refractivity contribution in [1.82, 2.24) is 14.8 Å². The predicted molar refractivity (Wildman–Crippen MR) is 112 cm³/mol. The van der Waals surface area contributed by atoms with Crippen LogP contribution in [0, 0.1) is 0 Å². The van der Waals surface area contributed by atoms with Crippen LogP contribution in [0.3, 0.4) is 0 Å². The average Bonchev–Trinajstić information content (AvgIpc) is 3.49. The quantitative estimate of drug-likeness (QED) is 0.660. The molecule has 1 aromatic heterocycles. The molecule has 1 saturated carbocycles. The molecule has 8 nitrogen and oxygen atoms in total. The second-order valence-electron chi connectivity index (χ2n) is 8.08. The summed E-state index contributed by atoms with van der Waals surface area (Å²) >= 11 is 0. The molecule has 1 aliphatic heterocycles. The van der Waals surface area contributed by atoms with E-state index < -0.39 is 10.0 Å². The van der Waals surface area contributed by atoms with Gasteiger partial charge in [0, 0.05) is 24.6 Å². The number of nitrogens with two attached hydrogens (primary N) is 1. The largest absolute Gasteiger partial charge is 0.360 e. The van der Waals surface area contributed by atoms with E-state index >= 15 is 0 Å². The van der Waals surface area contributed by atoms with Gasteiger partial charge in [0.25, 0.3) is 5.91 Å². The first-order valence-electron chi connectivity index (χ1n) is 10.5. The molecule has 3 N–H and O–H groups in total. The zero-order valence-electron chi connectivity index (χ0n) is 16.9. The minimum absolute atomic E-state index is 0.0345.